The van der Waals surface area contributed by atoms with Crippen molar-refractivity contribution in [3.8, 4) is 0 Å². The fraction of sp³-hybridized carbons (Fsp3) is 0.118. The second-order valence-corrected chi connectivity index (χ2v) is 6.11. The normalized spacial score (nSPS) is 11.2. The molecule has 0 unspecified atom stereocenters. The minimum atomic E-state index is -0.283. The van der Waals surface area contributed by atoms with Crippen LogP contribution in [-0.2, 0) is 9.53 Å². The summed E-state index contributed by atoms with van der Waals surface area (Å²) in [5.41, 5.74) is 0. The molecular weight excluding hydrogens is 300 g/mol. The zero-order valence-electron chi connectivity index (χ0n) is 11.7. The minimum Gasteiger partial charge on any atom is -0.462 e. The lowest BCUT2D eigenvalue weighted by molar-refractivity contribution is -0.137. The van der Waals surface area contributed by atoms with Crippen LogP contribution in [0.2, 0.25) is 0 Å². The molecule has 0 fully saturated rings. The first-order chi connectivity index (χ1) is 10.3. The van der Waals surface area contributed by atoms with Crippen LogP contribution in [0.5, 0.6) is 0 Å². The van der Waals surface area contributed by atoms with Crippen LogP contribution < -0.4 is 0 Å². The first-order valence-corrected chi connectivity index (χ1v) is 8.31. The fourth-order valence-electron chi connectivity index (χ4n) is 1.55. The highest BCUT2D eigenvalue weighted by Crippen LogP contribution is 2.31. The molecule has 2 rings (SSSR count). The molecule has 2 nitrogen and oxygen atoms in total. The first kappa shape index (κ1) is 15.7. The molecule has 0 N–H and O–H groups in total. The number of esters is 1. The second-order valence-electron chi connectivity index (χ2n) is 4.05. The predicted molar refractivity (Wildman–Crippen MR) is 89.3 cm³/mol. The average molecular weight is 316 g/mol. The third-order valence-electron chi connectivity index (χ3n) is 2.49. The highest BCUT2D eigenvalue weighted by atomic mass is 32.2. The van der Waals surface area contributed by atoms with Crippen LogP contribution in [0.25, 0.3) is 0 Å². The van der Waals surface area contributed by atoms with Crippen molar-refractivity contribution in [2.75, 3.05) is 6.61 Å². The van der Waals surface area contributed by atoms with E-state index in [1.165, 1.54) is 23.5 Å². The summed E-state index contributed by atoms with van der Waals surface area (Å²) in [6.07, 6.45) is 0. The molecule has 0 saturated heterocycles. The van der Waals surface area contributed by atoms with Gasteiger partial charge in [0.25, 0.3) is 0 Å². The van der Waals surface area contributed by atoms with Gasteiger partial charge >= 0.3 is 5.97 Å². The number of carbonyl (C=O) groups excluding carboxylic acids is 1. The van der Waals surface area contributed by atoms with Crippen molar-refractivity contribution in [1.29, 1.82) is 0 Å². The smallest absolute Gasteiger partial charge is 0.345 e. The Labute approximate surface area is 133 Å². The van der Waals surface area contributed by atoms with Gasteiger partial charge in [-0.25, -0.2) is 4.79 Å². The maximum absolute atomic E-state index is 12.0. The van der Waals surface area contributed by atoms with Gasteiger partial charge in [-0.05, 0) is 36.6 Å². The lowest BCUT2D eigenvalue weighted by atomic mass is 10.4. The maximum Gasteiger partial charge on any atom is 0.345 e. The molecule has 21 heavy (non-hydrogen) atoms. The summed E-state index contributed by atoms with van der Waals surface area (Å²) in [5, 5.41) is 1.85. The highest BCUT2D eigenvalue weighted by molar-refractivity contribution is 8.06. The Bertz CT molecular complexity index is 595. The second kappa shape index (κ2) is 8.60. The van der Waals surface area contributed by atoms with Gasteiger partial charge in [0.15, 0.2) is 0 Å². The third kappa shape index (κ3) is 5.33. The quantitative estimate of drug-likeness (QED) is 0.427. The zero-order chi connectivity index (χ0) is 14.9. The number of hydrogen-bond donors (Lipinski definition) is 0. The van der Waals surface area contributed by atoms with Gasteiger partial charge in [-0.3, -0.25) is 0 Å². The van der Waals surface area contributed by atoms with Crippen molar-refractivity contribution in [2.45, 2.75) is 16.7 Å². The summed E-state index contributed by atoms with van der Waals surface area (Å²) in [4.78, 5) is 14.7. The molecule has 0 heterocycles. The summed E-state index contributed by atoms with van der Waals surface area (Å²) in [7, 11) is 0. The molecule has 0 saturated carbocycles. The number of ether oxygens (including phenoxy) is 1. The van der Waals surface area contributed by atoms with E-state index >= 15 is 0 Å². The molecule has 0 aliphatic rings. The minimum absolute atomic E-state index is 0.283. The Hall–Kier alpha value is -1.65. The molecular formula is C17H16O2S2. The Morgan fingerprint density at radius 2 is 1.57 bits per heavy atom. The van der Waals surface area contributed by atoms with Crippen LogP contribution in [0.4, 0.5) is 0 Å². The Morgan fingerprint density at radius 3 is 2.14 bits per heavy atom. The van der Waals surface area contributed by atoms with E-state index in [1.54, 1.807) is 0 Å². The summed E-state index contributed by atoms with van der Waals surface area (Å²) < 4.78 is 5.12. The number of rotatable bonds is 6. The molecule has 108 valence electrons. The van der Waals surface area contributed by atoms with Crippen LogP contribution >= 0.6 is 23.5 Å². The van der Waals surface area contributed by atoms with E-state index in [-0.39, 0.29) is 5.97 Å². The van der Waals surface area contributed by atoms with Crippen molar-refractivity contribution in [2.24, 2.45) is 0 Å². The van der Waals surface area contributed by atoms with E-state index in [0.717, 1.165) is 9.79 Å². The van der Waals surface area contributed by atoms with Crippen molar-refractivity contribution < 1.29 is 9.53 Å². The highest BCUT2D eigenvalue weighted by Gasteiger charge is 2.12. The van der Waals surface area contributed by atoms with Crippen molar-refractivity contribution in [3.05, 3.63) is 71.0 Å². The molecule has 0 radical (unpaired) electrons. The van der Waals surface area contributed by atoms with Crippen LogP contribution in [-0.4, -0.2) is 12.6 Å². The lowest BCUT2D eigenvalue weighted by Gasteiger charge is -2.06. The van der Waals surface area contributed by atoms with Gasteiger partial charge in [0.2, 0.25) is 0 Å². The van der Waals surface area contributed by atoms with Crippen LogP contribution in [0, 0.1) is 0 Å². The van der Waals surface area contributed by atoms with E-state index in [1.807, 2.05) is 73.0 Å². The van der Waals surface area contributed by atoms with E-state index in [2.05, 4.69) is 0 Å². The molecule has 0 aliphatic carbocycles. The topological polar surface area (TPSA) is 26.3 Å². The Balaban J connectivity index is 2.13. The zero-order valence-corrected chi connectivity index (χ0v) is 13.3. The van der Waals surface area contributed by atoms with Gasteiger partial charge in [0, 0.05) is 9.79 Å². The molecule has 0 spiro atoms. The molecule has 2 aromatic rings. The molecule has 0 atom stereocenters. The summed E-state index contributed by atoms with van der Waals surface area (Å²) >= 11 is 2.94. The maximum atomic E-state index is 12.0. The average Bonchev–Trinajstić information content (AvgIpc) is 2.53. The van der Waals surface area contributed by atoms with Gasteiger partial charge in [0.05, 0.1) is 6.61 Å². The molecule has 0 bridgehead atoms. The van der Waals surface area contributed by atoms with Crippen LogP contribution in [0.15, 0.2) is 80.8 Å². The van der Waals surface area contributed by atoms with Crippen LogP contribution in [0.3, 0.4) is 0 Å². The van der Waals surface area contributed by atoms with E-state index in [0.29, 0.717) is 11.5 Å². The van der Waals surface area contributed by atoms with E-state index in [9.17, 15) is 4.79 Å². The SMILES string of the molecule is CCOC(=O)/C(=C\Sc1ccccc1)Sc1ccccc1. The first-order valence-electron chi connectivity index (χ1n) is 6.61. The fourth-order valence-corrected chi connectivity index (χ4v) is 3.23. The molecule has 0 aromatic heterocycles. The lowest BCUT2D eigenvalue weighted by Crippen LogP contribution is -2.04. The summed E-state index contributed by atoms with van der Waals surface area (Å²) in [6, 6.07) is 19.8. The number of benzene rings is 2. The largest absolute Gasteiger partial charge is 0.462 e. The third-order valence-corrected chi connectivity index (χ3v) is 4.55. The van der Waals surface area contributed by atoms with Gasteiger partial charge in [-0.2, -0.15) is 0 Å². The number of hydrogen-bond acceptors (Lipinski definition) is 4. The Kier molecular flexibility index (Phi) is 6.44. The van der Waals surface area contributed by atoms with Crippen molar-refractivity contribution in [3.63, 3.8) is 0 Å². The van der Waals surface area contributed by atoms with Gasteiger partial charge < -0.3 is 4.74 Å². The number of thioether (sulfide) groups is 2. The van der Waals surface area contributed by atoms with Crippen LogP contribution in [0.1, 0.15) is 6.92 Å². The molecule has 0 amide bonds. The Morgan fingerprint density at radius 1 is 1.00 bits per heavy atom. The van der Waals surface area contributed by atoms with E-state index < -0.39 is 0 Å². The van der Waals surface area contributed by atoms with Crippen molar-refractivity contribution in [1.82, 2.24) is 0 Å². The van der Waals surface area contributed by atoms with Crippen molar-refractivity contribution >= 4 is 29.5 Å². The predicted octanol–water partition coefficient (Wildman–Crippen LogP) is 4.98. The van der Waals surface area contributed by atoms with Gasteiger partial charge in [-0.1, -0.05) is 59.9 Å². The monoisotopic (exact) mass is 316 g/mol. The molecule has 4 heteroatoms. The van der Waals surface area contributed by atoms with E-state index in [4.69, 9.17) is 4.74 Å². The summed E-state index contributed by atoms with van der Waals surface area (Å²) in [6.45, 7) is 2.19. The van der Waals surface area contributed by atoms with Gasteiger partial charge in [0.1, 0.15) is 4.91 Å². The standard InChI is InChI=1S/C17H16O2S2/c1-2-19-17(18)16(21-15-11-7-4-8-12-15)13-20-14-9-5-3-6-10-14/h3-13H,2H2,1H3/b16-13+. The summed E-state index contributed by atoms with van der Waals surface area (Å²) in [5.74, 6) is -0.283. The molecule has 0 aliphatic heterocycles. The number of carbonyl (C=O) groups is 1. The molecule has 2 aromatic carbocycles. The van der Waals surface area contributed by atoms with Gasteiger partial charge in [-0.15, -0.1) is 0 Å².